The molecule has 3 rings (SSSR count). The summed E-state index contributed by atoms with van der Waals surface area (Å²) in [5, 5.41) is 7.97. The van der Waals surface area contributed by atoms with Crippen LogP contribution in [0.1, 0.15) is 11.3 Å². The van der Waals surface area contributed by atoms with Gasteiger partial charge in [0.15, 0.2) is 4.34 Å². The number of anilines is 1. The number of aromatic nitrogens is 1. The first-order valence-electron chi connectivity index (χ1n) is 8.62. The van der Waals surface area contributed by atoms with E-state index in [0.29, 0.717) is 22.9 Å². The lowest BCUT2D eigenvalue weighted by Crippen LogP contribution is -2.24. The lowest BCUT2D eigenvalue weighted by atomic mass is 10.2. The molecule has 1 heterocycles. The molecule has 0 atom stereocenters. The normalized spacial score (nSPS) is 10.6. The first-order valence-corrected chi connectivity index (χ1v) is 10.9. The van der Waals surface area contributed by atoms with Crippen LogP contribution in [-0.4, -0.2) is 22.6 Å². The number of amides is 2. The Balaban J connectivity index is 1.41. The van der Waals surface area contributed by atoms with Gasteiger partial charge in [0, 0.05) is 22.6 Å². The van der Waals surface area contributed by atoms with Crippen LogP contribution < -0.4 is 10.6 Å². The smallest absolute Gasteiger partial charge is 0.234 e. The third-order valence-electron chi connectivity index (χ3n) is 3.73. The highest BCUT2D eigenvalue weighted by Crippen LogP contribution is 2.23. The molecule has 0 aliphatic rings. The second kappa shape index (κ2) is 10.4. The maximum absolute atomic E-state index is 12.9. The summed E-state index contributed by atoms with van der Waals surface area (Å²) in [6.45, 7) is 0.329. The van der Waals surface area contributed by atoms with Crippen LogP contribution in [0, 0.1) is 5.82 Å². The van der Waals surface area contributed by atoms with Crippen molar-refractivity contribution in [2.24, 2.45) is 0 Å². The summed E-state index contributed by atoms with van der Waals surface area (Å²) in [4.78, 5) is 28.5. The van der Waals surface area contributed by atoms with Crippen LogP contribution in [0.4, 0.5) is 10.1 Å². The number of nitrogens with one attached hydrogen (secondary N) is 2. The molecule has 2 aromatic carbocycles. The first kappa shape index (κ1) is 21.3. The summed E-state index contributed by atoms with van der Waals surface area (Å²) in [5.74, 6) is -0.413. The van der Waals surface area contributed by atoms with Crippen LogP contribution in [0.5, 0.6) is 0 Å². The molecule has 2 N–H and O–H groups in total. The Kier molecular flexibility index (Phi) is 7.62. The minimum atomic E-state index is -0.311. The average molecular weight is 450 g/mol. The van der Waals surface area contributed by atoms with Gasteiger partial charge in [0.25, 0.3) is 0 Å². The number of carbonyl (C=O) groups excluding carboxylic acids is 2. The number of thiazole rings is 1. The minimum Gasteiger partial charge on any atom is -0.352 e. The summed E-state index contributed by atoms with van der Waals surface area (Å²) in [5.41, 5.74) is 2.14. The number of halogens is 2. The van der Waals surface area contributed by atoms with Crippen molar-refractivity contribution in [2.75, 3.05) is 11.1 Å². The van der Waals surface area contributed by atoms with Gasteiger partial charge in [-0.2, -0.15) is 0 Å². The Bertz CT molecular complexity index is 978. The van der Waals surface area contributed by atoms with Crippen molar-refractivity contribution >= 4 is 52.2 Å². The second-order valence-corrected chi connectivity index (χ2v) is 8.55. The number of hydrogen-bond acceptors (Lipinski definition) is 5. The molecular formula is C20H17ClFN3O2S2. The monoisotopic (exact) mass is 449 g/mol. The van der Waals surface area contributed by atoms with E-state index in [0.717, 1.165) is 9.90 Å². The van der Waals surface area contributed by atoms with Gasteiger partial charge in [-0.25, -0.2) is 9.37 Å². The first-order chi connectivity index (χ1) is 14.0. The van der Waals surface area contributed by atoms with Crippen LogP contribution in [0.15, 0.2) is 58.3 Å². The Labute approximate surface area is 180 Å². The van der Waals surface area contributed by atoms with Crippen molar-refractivity contribution in [3.05, 3.63) is 76.0 Å². The molecule has 3 aromatic rings. The lowest BCUT2D eigenvalue weighted by Gasteiger charge is -2.04. The molecule has 0 unspecified atom stereocenters. The fraction of sp³-hybridized carbons (Fsp3) is 0.150. The maximum atomic E-state index is 12.9. The highest BCUT2D eigenvalue weighted by atomic mass is 35.5. The quantitative estimate of drug-likeness (QED) is 0.496. The van der Waals surface area contributed by atoms with E-state index >= 15 is 0 Å². The van der Waals surface area contributed by atoms with E-state index in [2.05, 4.69) is 15.6 Å². The zero-order chi connectivity index (χ0) is 20.6. The van der Waals surface area contributed by atoms with E-state index in [1.165, 1.54) is 35.2 Å². The van der Waals surface area contributed by atoms with Crippen LogP contribution in [0.2, 0.25) is 5.02 Å². The molecule has 0 bridgehead atoms. The SMILES string of the molecule is O=C(Cc1csc(SCC(=O)Nc2ccc(Cl)cc2)n1)NCc1ccc(F)cc1. The highest BCUT2D eigenvalue weighted by Gasteiger charge is 2.10. The highest BCUT2D eigenvalue weighted by molar-refractivity contribution is 8.01. The van der Waals surface area contributed by atoms with Crippen molar-refractivity contribution < 1.29 is 14.0 Å². The summed E-state index contributed by atoms with van der Waals surface area (Å²) < 4.78 is 13.6. The van der Waals surface area contributed by atoms with E-state index < -0.39 is 0 Å². The van der Waals surface area contributed by atoms with E-state index in [9.17, 15) is 14.0 Å². The Hall–Kier alpha value is -2.42. The molecule has 9 heteroatoms. The van der Waals surface area contributed by atoms with Gasteiger partial charge >= 0.3 is 0 Å². The van der Waals surface area contributed by atoms with Gasteiger partial charge in [-0.3, -0.25) is 9.59 Å². The predicted octanol–water partition coefficient (Wildman–Crippen LogP) is 4.53. The fourth-order valence-corrected chi connectivity index (χ4v) is 4.09. The molecule has 0 saturated carbocycles. The van der Waals surface area contributed by atoms with Crippen molar-refractivity contribution in [1.29, 1.82) is 0 Å². The van der Waals surface area contributed by atoms with Gasteiger partial charge in [-0.05, 0) is 42.0 Å². The van der Waals surface area contributed by atoms with Crippen LogP contribution in [-0.2, 0) is 22.6 Å². The van der Waals surface area contributed by atoms with Crippen molar-refractivity contribution in [1.82, 2.24) is 10.3 Å². The van der Waals surface area contributed by atoms with E-state index in [4.69, 9.17) is 11.6 Å². The van der Waals surface area contributed by atoms with Gasteiger partial charge in [-0.1, -0.05) is 35.5 Å². The lowest BCUT2D eigenvalue weighted by molar-refractivity contribution is -0.120. The van der Waals surface area contributed by atoms with E-state index in [-0.39, 0.29) is 29.8 Å². The Morgan fingerprint density at radius 1 is 1.07 bits per heavy atom. The molecule has 150 valence electrons. The number of nitrogens with zero attached hydrogens (tertiary/aromatic N) is 1. The maximum Gasteiger partial charge on any atom is 0.234 e. The zero-order valence-electron chi connectivity index (χ0n) is 15.2. The predicted molar refractivity (Wildman–Crippen MR) is 115 cm³/mol. The fourth-order valence-electron chi connectivity index (χ4n) is 2.32. The number of rotatable bonds is 8. The van der Waals surface area contributed by atoms with Gasteiger partial charge in [0.1, 0.15) is 5.82 Å². The molecule has 0 radical (unpaired) electrons. The molecule has 2 amide bonds. The molecule has 0 fully saturated rings. The summed E-state index contributed by atoms with van der Waals surface area (Å²) in [6, 6.07) is 12.8. The van der Waals surface area contributed by atoms with Gasteiger partial charge < -0.3 is 10.6 Å². The number of carbonyl (C=O) groups is 2. The number of benzene rings is 2. The van der Waals surface area contributed by atoms with Gasteiger partial charge in [0.2, 0.25) is 11.8 Å². The molecule has 29 heavy (non-hydrogen) atoms. The molecule has 0 saturated heterocycles. The van der Waals surface area contributed by atoms with Gasteiger partial charge in [-0.15, -0.1) is 11.3 Å². The molecule has 5 nitrogen and oxygen atoms in total. The van der Waals surface area contributed by atoms with Crippen LogP contribution in [0.3, 0.4) is 0 Å². The summed E-state index contributed by atoms with van der Waals surface area (Å²) in [6.07, 6.45) is 0.148. The van der Waals surface area contributed by atoms with Crippen molar-refractivity contribution in [3.63, 3.8) is 0 Å². The van der Waals surface area contributed by atoms with Crippen LogP contribution in [0.25, 0.3) is 0 Å². The Morgan fingerprint density at radius 2 is 1.79 bits per heavy atom. The summed E-state index contributed by atoms with van der Waals surface area (Å²) >= 11 is 8.52. The van der Waals surface area contributed by atoms with E-state index in [1.807, 2.05) is 0 Å². The molecule has 0 aliphatic carbocycles. The topological polar surface area (TPSA) is 71.1 Å². The van der Waals surface area contributed by atoms with Crippen molar-refractivity contribution in [3.8, 4) is 0 Å². The number of thioether (sulfide) groups is 1. The summed E-state index contributed by atoms with van der Waals surface area (Å²) in [7, 11) is 0. The van der Waals surface area contributed by atoms with Crippen molar-refractivity contribution in [2.45, 2.75) is 17.3 Å². The van der Waals surface area contributed by atoms with Gasteiger partial charge in [0.05, 0.1) is 17.9 Å². The van der Waals surface area contributed by atoms with E-state index in [1.54, 1.807) is 41.8 Å². The number of hydrogen-bond donors (Lipinski definition) is 2. The standard InChI is InChI=1S/C20H17ClFN3O2S2/c21-14-3-7-16(8-4-14)24-19(27)12-29-20-25-17(11-28-20)9-18(26)23-10-13-1-5-15(22)6-2-13/h1-8,11H,9-10,12H2,(H,23,26)(H,24,27). The molecule has 0 spiro atoms. The largest absolute Gasteiger partial charge is 0.352 e. The average Bonchev–Trinajstić information content (AvgIpc) is 3.15. The zero-order valence-corrected chi connectivity index (χ0v) is 17.5. The molecule has 1 aromatic heterocycles. The minimum absolute atomic E-state index is 0.147. The third kappa shape index (κ3) is 7.16. The second-order valence-electron chi connectivity index (χ2n) is 6.03. The molecular weight excluding hydrogens is 433 g/mol. The Morgan fingerprint density at radius 3 is 2.52 bits per heavy atom. The molecule has 0 aliphatic heterocycles. The van der Waals surface area contributed by atoms with Crippen LogP contribution >= 0.6 is 34.7 Å². The third-order valence-corrected chi connectivity index (χ3v) is 6.05.